The van der Waals surface area contributed by atoms with Crippen molar-refractivity contribution in [2.75, 3.05) is 0 Å². The van der Waals surface area contributed by atoms with Crippen LogP contribution < -0.4 is 10.4 Å². The zero-order valence-electron chi connectivity index (χ0n) is 13.8. The Balaban J connectivity index is 2.17. The van der Waals surface area contributed by atoms with Crippen molar-refractivity contribution in [2.24, 2.45) is 0 Å². The molecule has 2 aromatic rings. The van der Waals surface area contributed by atoms with E-state index in [4.69, 9.17) is 4.43 Å². The van der Waals surface area contributed by atoms with Gasteiger partial charge in [-0.3, -0.25) is 0 Å². The van der Waals surface area contributed by atoms with E-state index in [0.717, 1.165) is 12.8 Å². The van der Waals surface area contributed by atoms with Crippen molar-refractivity contribution in [2.45, 2.75) is 45.1 Å². The fraction of sp³-hybridized carbons (Fsp3) is 0.350. The first-order chi connectivity index (χ1) is 10.5. The molecule has 2 heteroatoms. The van der Waals surface area contributed by atoms with E-state index >= 15 is 0 Å². The number of benzene rings is 2. The minimum atomic E-state index is -2.32. The van der Waals surface area contributed by atoms with Gasteiger partial charge in [0.15, 0.2) is 0 Å². The van der Waals surface area contributed by atoms with Crippen molar-refractivity contribution < 1.29 is 4.43 Å². The van der Waals surface area contributed by atoms with Crippen molar-refractivity contribution in [1.29, 1.82) is 0 Å². The minimum Gasteiger partial charge on any atom is -0.399 e. The molecular formula is C20H25OSi. The fourth-order valence-corrected chi connectivity index (χ4v) is 7.86. The Morgan fingerprint density at radius 2 is 1.23 bits per heavy atom. The van der Waals surface area contributed by atoms with Crippen LogP contribution >= 0.6 is 0 Å². The van der Waals surface area contributed by atoms with E-state index < -0.39 is 8.32 Å². The second-order valence-corrected chi connectivity index (χ2v) is 11.4. The van der Waals surface area contributed by atoms with Gasteiger partial charge in [-0.15, -0.1) is 0 Å². The maximum Gasteiger partial charge on any atom is 0.261 e. The summed E-state index contributed by atoms with van der Waals surface area (Å²) in [5.41, 5.74) is 0. The van der Waals surface area contributed by atoms with Crippen molar-refractivity contribution in [3.63, 3.8) is 0 Å². The first-order valence-corrected chi connectivity index (χ1v) is 10.1. The molecular weight excluding hydrogens is 284 g/mol. The minimum absolute atomic E-state index is 0.0816. The van der Waals surface area contributed by atoms with Crippen LogP contribution in [0.1, 0.15) is 40.0 Å². The van der Waals surface area contributed by atoms with Crippen LogP contribution in [0.5, 0.6) is 0 Å². The van der Waals surface area contributed by atoms with E-state index in [1.54, 1.807) is 0 Å². The van der Waals surface area contributed by atoms with Crippen molar-refractivity contribution in [1.82, 2.24) is 0 Å². The summed E-state index contributed by atoms with van der Waals surface area (Å²) >= 11 is 0. The highest BCUT2D eigenvalue weighted by molar-refractivity contribution is 6.99. The summed E-state index contributed by atoms with van der Waals surface area (Å²) in [5.74, 6) is 0. The summed E-state index contributed by atoms with van der Waals surface area (Å²) in [6, 6.07) is 21.8. The lowest BCUT2D eigenvalue weighted by atomic mass is 9.97. The van der Waals surface area contributed by atoms with Crippen LogP contribution in [0, 0.1) is 6.10 Å². The summed E-state index contributed by atoms with van der Waals surface area (Å²) in [6.07, 6.45) is 4.83. The maximum absolute atomic E-state index is 6.87. The lowest BCUT2D eigenvalue weighted by Crippen LogP contribution is -2.67. The van der Waals surface area contributed by atoms with E-state index in [2.05, 4.69) is 81.4 Å². The Bertz CT molecular complexity index is 557. The van der Waals surface area contributed by atoms with E-state index in [1.165, 1.54) is 22.9 Å². The quantitative estimate of drug-likeness (QED) is 0.766. The Hall–Kier alpha value is -1.38. The molecule has 1 radical (unpaired) electrons. The van der Waals surface area contributed by atoms with Crippen LogP contribution in [0.3, 0.4) is 0 Å². The maximum atomic E-state index is 6.87. The van der Waals surface area contributed by atoms with Gasteiger partial charge in [-0.2, -0.15) is 0 Å². The second-order valence-electron chi connectivity index (χ2n) is 7.16. The Morgan fingerprint density at radius 1 is 0.773 bits per heavy atom. The predicted molar refractivity (Wildman–Crippen MR) is 95.8 cm³/mol. The zero-order valence-corrected chi connectivity index (χ0v) is 14.8. The van der Waals surface area contributed by atoms with Gasteiger partial charge in [-0.25, -0.2) is 0 Å². The van der Waals surface area contributed by atoms with E-state index in [0.29, 0.717) is 0 Å². The molecule has 3 rings (SSSR count). The van der Waals surface area contributed by atoms with Gasteiger partial charge in [0.25, 0.3) is 8.32 Å². The summed E-state index contributed by atoms with van der Waals surface area (Å²) in [7, 11) is -2.32. The van der Waals surface area contributed by atoms with Crippen LogP contribution in [-0.4, -0.2) is 8.32 Å². The molecule has 0 aliphatic heterocycles. The molecule has 1 nitrogen and oxygen atoms in total. The molecule has 0 N–H and O–H groups in total. The molecule has 22 heavy (non-hydrogen) atoms. The third kappa shape index (κ3) is 2.66. The molecule has 0 heterocycles. The van der Waals surface area contributed by atoms with Crippen molar-refractivity contribution in [3.05, 3.63) is 66.8 Å². The highest BCUT2D eigenvalue weighted by Crippen LogP contribution is 2.42. The van der Waals surface area contributed by atoms with E-state index in [1.807, 2.05) is 0 Å². The Morgan fingerprint density at radius 3 is 1.55 bits per heavy atom. The summed E-state index contributed by atoms with van der Waals surface area (Å²) < 4.78 is 6.87. The van der Waals surface area contributed by atoms with Gasteiger partial charge >= 0.3 is 0 Å². The molecule has 1 aliphatic carbocycles. The van der Waals surface area contributed by atoms with Gasteiger partial charge in [-0.1, -0.05) is 81.4 Å². The SMILES string of the molecule is CC(C)(C)[Si](O[C]1CCC1)(c1ccccc1)c1ccccc1. The molecule has 1 fully saturated rings. The molecule has 115 valence electrons. The summed E-state index contributed by atoms with van der Waals surface area (Å²) in [4.78, 5) is 0. The van der Waals surface area contributed by atoms with E-state index in [-0.39, 0.29) is 5.04 Å². The summed E-state index contributed by atoms with van der Waals surface area (Å²) in [6.45, 7) is 7.00. The average molecular weight is 310 g/mol. The topological polar surface area (TPSA) is 9.23 Å². The standard InChI is InChI=1S/C20H25OSi/c1-20(2,3)22(21-17-11-10-12-17,18-13-6-4-7-14-18)19-15-8-5-9-16-19/h4-9,13-16H,10-12H2,1-3H3. The van der Waals surface area contributed by atoms with Crippen LogP contribution in [0.2, 0.25) is 5.04 Å². The Labute approximate surface area is 135 Å². The molecule has 0 aromatic heterocycles. The van der Waals surface area contributed by atoms with Crippen molar-refractivity contribution >= 4 is 18.7 Å². The lowest BCUT2D eigenvalue weighted by molar-refractivity contribution is 0.219. The van der Waals surface area contributed by atoms with E-state index in [9.17, 15) is 0 Å². The highest BCUT2D eigenvalue weighted by Gasteiger charge is 2.52. The number of hydrogen-bond acceptors (Lipinski definition) is 1. The molecule has 0 spiro atoms. The summed E-state index contributed by atoms with van der Waals surface area (Å²) in [5, 5.41) is 2.82. The molecule has 0 atom stereocenters. The van der Waals surface area contributed by atoms with Gasteiger partial charge in [0.1, 0.15) is 0 Å². The molecule has 0 amide bonds. The first-order valence-electron chi connectivity index (χ1n) is 8.19. The average Bonchev–Trinajstić information content (AvgIpc) is 2.47. The molecule has 1 aliphatic rings. The van der Waals surface area contributed by atoms with Gasteiger partial charge in [-0.05, 0) is 34.7 Å². The van der Waals surface area contributed by atoms with Crippen LogP contribution in [0.4, 0.5) is 0 Å². The van der Waals surface area contributed by atoms with Gasteiger partial charge in [0, 0.05) is 0 Å². The zero-order chi connectivity index (χ0) is 15.6. The highest BCUT2D eigenvalue weighted by atomic mass is 28.4. The monoisotopic (exact) mass is 309 g/mol. The Kier molecular flexibility index (Phi) is 4.24. The smallest absolute Gasteiger partial charge is 0.261 e. The van der Waals surface area contributed by atoms with Crippen molar-refractivity contribution in [3.8, 4) is 0 Å². The largest absolute Gasteiger partial charge is 0.399 e. The second kappa shape index (κ2) is 6.02. The molecule has 0 bridgehead atoms. The number of hydrogen-bond donors (Lipinski definition) is 0. The predicted octanol–water partition coefficient (Wildman–Crippen LogP) is 4.28. The van der Waals surface area contributed by atoms with Crippen LogP contribution in [-0.2, 0) is 4.43 Å². The fourth-order valence-electron chi connectivity index (χ4n) is 3.29. The van der Waals surface area contributed by atoms with Crippen LogP contribution in [0.15, 0.2) is 60.7 Å². The molecule has 0 unspecified atom stereocenters. The van der Waals surface area contributed by atoms with Gasteiger partial charge in [0.05, 0.1) is 6.10 Å². The molecule has 2 aromatic carbocycles. The normalized spacial score (nSPS) is 16.3. The third-order valence-electron chi connectivity index (χ3n) is 4.63. The van der Waals surface area contributed by atoms with Gasteiger partial charge in [0.2, 0.25) is 0 Å². The van der Waals surface area contributed by atoms with Crippen LogP contribution in [0.25, 0.3) is 0 Å². The lowest BCUT2D eigenvalue weighted by Gasteiger charge is -2.46. The van der Waals surface area contributed by atoms with Gasteiger partial charge < -0.3 is 4.43 Å². The molecule has 1 saturated carbocycles. The molecule has 0 saturated heterocycles. The third-order valence-corrected chi connectivity index (χ3v) is 9.63. The number of rotatable bonds is 4. The first kappa shape index (κ1) is 15.5.